The van der Waals surface area contributed by atoms with Gasteiger partial charge in [-0.15, -0.1) is 0 Å². The summed E-state index contributed by atoms with van der Waals surface area (Å²) >= 11 is 0. The number of aryl methyl sites for hydroxylation is 1. The molecule has 0 saturated heterocycles. The summed E-state index contributed by atoms with van der Waals surface area (Å²) in [5.74, 6) is 0.0682. The zero-order valence-electron chi connectivity index (χ0n) is 12.3. The Labute approximate surface area is 131 Å². The molecular formula is C18H13F3N2. The van der Waals surface area contributed by atoms with Gasteiger partial charge in [-0.05, 0) is 13.0 Å². The second-order valence-electron chi connectivity index (χ2n) is 5.19. The first-order valence-electron chi connectivity index (χ1n) is 7.02. The van der Waals surface area contributed by atoms with Crippen molar-refractivity contribution in [2.75, 3.05) is 0 Å². The van der Waals surface area contributed by atoms with Crippen LogP contribution in [0.3, 0.4) is 0 Å². The third-order valence-electron chi connectivity index (χ3n) is 3.40. The Morgan fingerprint density at radius 2 is 1.43 bits per heavy atom. The summed E-state index contributed by atoms with van der Waals surface area (Å²) in [6, 6.07) is 16.8. The molecule has 23 heavy (non-hydrogen) atoms. The van der Waals surface area contributed by atoms with Crippen LogP contribution < -0.4 is 0 Å². The van der Waals surface area contributed by atoms with Crippen LogP contribution in [-0.4, -0.2) is 9.97 Å². The molecule has 0 aliphatic heterocycles. The normalized spacial score (nSPS) is 11.5. The summed E-state index contributed by atoms with van der Waals surface area (Å²) in [5, 5.41) is 0. The lowest BCUT2D eigenvalue weighted by atomic mass is 10.1. The van der Waals surface area contributed by atoms with E-state index < -0.39 is 11.9 Å². The lowest BCUT2D eigenvalue weighted by Gasteiger charge is -2.11. The number of rotatable bonds is 2. The third-order valence-corrected chi connectivity index (χ3v) is 3.40. The van der Waals surface area contributed by atoms with Crippen molar-refractivity contribution in [3.05, 3.63) is 71.9 Å². The Morgan fingerprint density at radius 1 is 0.783 bits per heavy atom. The van der Waals surface area contributed by atoms with Crippen molar-refractivity contribution in [2.45, 2.75) is 13.1 Å². The third kappa shape index (κ3) is 3.39. The second-order valence-corrected chi connectivity index (χ2v) is 5.19. The van der Waals surface area contributed by atoms with E-state index >= 15 is 0 Å². The molecule has 0 fully saturated rings. The van der Waals surface area contributed by atoms with Crippen LogP contribution in [0.2, 0.25) is 0 Å². The van der Waals surface area contributed by atoms with Gasteiger partial charge in [-0.25, -0.2) is 9.97 Å². The largest absolute Gasteiger partial charge is 0.433 e. The molecule has 3 rings (SSSR count). The molecule has 0 N–H and O–H groups in total. The van der Waals surface area contributed by atoms with Crippen LogP contribution in [0, 0.1) is 6.92 Å². The van der Waals surface area contributed by atoms with E-state index in [0.717, 1.165) is 11.6 Å². The Balaban J connectivity index is 2.18. The standard InChI is InChI=1S/C18H13F3N2/c1-12-7-9-14(10-8-12)17-22-15(13-5-3-2-4-6-13)11-16(23-17)18(19,20)21/h2-11H,1H3. The Kier molecular flexibility index (Phi) is 3.86. The maximum absolute atomic E-state index is 13.2. The van der Waals surface area contributed by atoms with Gasteiger partial charge in [-0.3, -0.25) is 0 Å². The topological polar surface area (TPSA) is 25.8 Å². The summed E-state index contributed by atoms with van der Waals surface area (Å²) in [5.41, 5.74) is 1.50. The first-order chi connectivity index (χ1) is 10.9. The fourth-order valence-electron chi connectivity index (χ4n) is 2.18. The lowest BCUT2D eigenvalue weighted by Crippen LogP contribution is -2.10. The number of hydrogen-bond acceptors (Lipinski definition) is 2. The van der Waals surface area contributed by atoms with Crippen molar-refractivity contribution in [1.82, 2.24) is 9.97 Å². The molecule has 2 nitrogen and oxygen atoms in total. The number of alkyl halides is 3. The maximum Gasteiger partial charge on any atom is 0.433 e. The van der Waals surface area contributed by atoms with E-state index in [4.69, 9.17) is 0 Å². The molecule has 0 spiro atoms. The van der Waals surface area contributed by atoms with Crippen molar-refractivity contribution in [1.29, 1.82) is 0 Å². The minimum Gasteiger partial charge on any atom is -0.228 e. The Hall–Kier alpha value is -2.69. The predicted molar refractivity (Wildman–Crippen MR) is 82.6 cm³/mol. The van der Waals surface area contributed by atoms with Crippen LogP contribution in [0.1, 0.15) is 11.3 Å². The zero-order chi connectivity index (χ0) is 16.4. The average molecular weight is 314 g/mol. The monoisotopic (exact) mass is 314 g/mol. The molecule has 0 unspecified atom stereocenters. The first kappa shape index (κ1) is 15.2. The highest BCUT2D eigenvalue weighted by molar-refractivity contribution is 5.64. The van der Waals surface area contributed by atoms with Crippen LogP contribution in [0.15, 0.2) is 60.7 Å². The van der Waals surface area contributed by atoms with Gasteiger partial charge in [0.2, 0.25) is 0 Å². The molecule has 0 bridgehead atoms. The fourth-order valence-corrected chi connectivity index (χ4v) is 2.18. The van der Waals surface area contributed by atoms with Gasteiger partial charge in [-0.1, -0.05) is 60.2 Å². The number of halogens is 3. The van der Waals surface area contributed by atoms with E-state index in [9.17, 15) is 13.2 Å². The molecule has 0 atom stereocenters. The molecular weight excluding hydrogens is 301 g/mol. The number of benzene rings is 2. The van der Waals surface area contributed by atoms with Gasteiger partial charge < -0.3 is 0 Å². The minimum atomic E-state index is -4.52. The Bertz CT molecular complexity index is 810. The molecule has 1 aromatic heterocycles. The molecule has 0 aliphatic carbocycles. The van der Waals surface area contributed by atoms with Crippen molar-refractivity contribution >= 4 is 0 Å². The predicted octanol–water partition coefficient (Wildman–Crippen LogP) is 5.14. The van der Waals surface area contributed by atoms with Gasteiger partial charge in [0.05, 0.1) is 5.69 Å². The van der Waals surface area contributed by atoms with Gasteiger partial charge in [0, 0.05) is 11.1 Å². The van der Waals surface area contributed by atoms with Gasteiger partial charge in [0.25, 0.3) is 0 Å². The molecule has 1 heterocycles. The molecule has 2 aromatic carbocycles. The quantitative estimate of drug-likeness (QED) is 0.654. The van der Waals surface area contributed by atoms with Crippen molar-refractivity contribution in [3.63, 3.8) is 0 Å². The van der Waals surface area contributed by atoms with Crippen molar-refractivity contribution in [3.8, 4) is 22.6 Å². The van der Waals surface area contributed by atoms with Gasteiger partial charge in [0.1, 0.15) is 5.69 Å². The van der Waals surface area contributed by atoms with Crippen LogP contribution in [-0.2, 0) is 6.18 Å². The number of aromatic nitrogens is 2. The van der Waals surface area contributed by atoms with Crippen molar-refractivity contribution < 1.29 is 13.2 Å². The number of nitrogens with zero attached hydrogens (tertiary/aromatic N) is 2. The molecule has 0 radical (unpaired) electrons. The van der Waals surface area contributed by atoms with E-state index in [-0.39, 0.29) is 11.5 Å². The molecule has 116 valence electrons. The summed E-state index contributed by atoms with van der Waals surface area (Å²) in [7, 11) is 0. The number of hydrogen-bond donors (Lipinski definition) is 0. The SMILES string of the molecule is Cc1ccc(-c2nc(-c3ccccc3)cc(C(F)(F)F)n2)cc1. The van der Waals surface area contributed by atoms with E-state index in [1.165, 1.54) is 0 Å². The van der Waals surface area contributed by atoms with E-state index in [0.29, 0.717) is 11.1 Å². The lowest BCUT2D eigenvalue weighted by molar-refractivity contribution is -0.141. The molecule has 0 aliphatic rings. The highest BCUT2D eigenvalue weighted by Crippen LogP contribution is 2.32. The fraction of sp³-hybridized carbons (Fsp3) is 0.111. The van der Waals surface area contributed by atoms with Crippen LogP contribution in [0.4, 0.5) is 13.2 Å². The molecule has 0 amide bonds. The summed E-state index contributed by atoms with van der Waals surface area (Å²) in [4.78, 5) is 8.00. The van der Waals surface area contributed by atoms with E-state index in [1.807, 2.05) is 19.1 Å². The van der Waals surface area contributed by atoms with Gasteiger partial charge in [0.15, 0.2) is 5.82 Å². The van der Waals surface area contributed by atoms with E-state index in [1.54, 1.807) is 42.5 Å². The maximum atomic E-state index is 13.2. The second kappa shape index (κ2) is 5.83. The highest BCUT2D eigenvalue weighted by Gasteiger charge is 2.33. The molecule has 3 aromatic rings. The van der Waals surface area contributed by atoms with Gasteiger partial charge in [-0.2, -0.15) is 13.2 Å². The van der Waals surface area contributed by atoms with E-state index in [2.05, 4.69) is 9.97 Å². The van der Waals surface area contributed by atoms with Crippen LogP contribution in [0.5, 0.6) is 0 Å². The van der Waals surface area contributed by atoms with Crippen molar-refractivity contribution in [2.24, 2.45) is 0 Å². The van der Waals surface area contributed by atoms with Crippen LogP contribution in [0.25, 0.3) is 22.6 Å². The Morgan fingerprint density at radius 3 is 2.04 bits per heavy atom. The van der Waals surface area contributed by atoms with Gasteiger partial charge >= 0.3 is 6.18 Å². The smallest absolute Gasteiger partial charge is 0.228 e. The first-order valence-corrected chi connectivity index (χ1v) is 7.02. The summed E-state index contributed by atoms with van der Waals surface area (Å²) in [6.45, 7) is 1.91. The zero-order valence-corrected chi connectivity index (χ0v) is 12.3. The average Bonchev–Trinajstić information content (AvgIpc) is 2.55. The minimum absolute atomic E-state index is 0.0682. The summed E-state index contributed by atoms with van der Waals surface area (Å²) < 4.78 is 39.5. The molecule has 5 heteroatoms. The highest BCUT2D eigenvalue weighted by atomic mass is 19.4. The van der Waals surface area contributed by atoms with Crippen LogP contribution >= 0.6 is 0 Å². The molecule has 0 saturated carbocycles. The summed E-state index contributed by atoms with van der Waals surface area (Å²) in [6.07, 6.45) is -4.52.